The second-order valence-corrected chi connectivity index (χ2v) is 7.46. The van der Waals surface area contributed by atoms with Crippen LogP contribution in [0.25, 0.3) is 11.1 Å². The molecule has 0 amide bonds. The summed E-state index contributed by atoms with van der Waals surface area (Å²) in [4.78, 5) is 21.1. The van der Waals surface area contributed by atoms with Gasteiger partial charge in [0.2, 0.25) is 0 Å². The number of rotatable bonds is 5. The van der Waals surface area contributed by atoms with Gasteiger partial charge in [0, 0.05) is 5.56 Å². The van der Waals surface area contributed by atoms with Crippen molar-refractivity contribution in [1.29, 1.82) is 0 Å². The van der Waals surface area contributed by atoms with Gasteiger partial charge in [-0.25, -0.2) is 0 Å². The Morgan fingerprint density at radius 3 is 2.48 bits per heavy atom. The van der Waals surface area contributed by atoms with E-state index in [0.717, 1.165) is 11.1 Å². The molecule has 0 aliphatic heterocycles. The maximum absolute atomic E-state index is 12.2. The zero-order chi connectivity index (χ0) is 18.3. The van der Waals surface area contributed by atoms with Crippen LogP contribution in [0.3, 0.4) is 0 Å². The molecule has 1 unspecified atom stereocenters. The molecule has 0 aliphatic rings. The first kappa shape index (κ1) is 19.0. The fourth-order valence-electron chi connectivity index (χ4n) is 2.28. The molecule has 0 aliphatic carbocycles. The smallest absolute Gasteiger partial charge is 0.308 e. The molecule has 2 atom stereocenters. The van der Waals surface area contributed by atoms with E-state index in [-0.39, 0.29) is 6.42 Å². The molecule has 0 aromatic heterocycles. The molecule has 5 nitrogen and oxygen atoms in total. The van der Waals surface area contributed by atoms with Crippen LogP contribution in [0, 0.1) is 11.6 Å². The molecule has 0 saturated heterocycles. The van der Waals surface area contributed by atoms with Crippen molar-refractivity contribution in [2.45, 2.75) is 12.5 Å². The normalized spacial score (nSPS) is 13.9. The number of hydrogen-bond donors (Lipinski definition) is 2. The van der Waals surface area contributed by atoms with Crippen LogP contribution in [0.4, 0.5) is 0 Å². The van der Waals surface area contributed by atoms with Crippen LogP contribution in [0.1, 0.15) is 12.0 Å². The van der Waals surface area contributed by atoms with Crippen molar-refractivity contribution < 1.29 is 24.1 Å². The van der Waals surface area contributed by atoms with E-state index < -0.39 is 25.6 Å². The molecular formula is C19H19O5P. The molecule has 0 spiro atoms. The number of benzene rings is 2. The van der Waals surface area contributed by atoms with Crippen LogP contribution >= 0.6 is 7.37 Å². The van der Waals surface area contributed by atoms with Gasteiger partial charge in [0.1, 0.15) is 0 Å². The van der Waals surface area contributed by atoms with Crippen molar-refractivity contribution in [3.05, 3.63) is 60.2 Å². The van der Waals surface area contributed by atoms with Gasteiger partial charge in [-0.15, -0.1) is 0 Å². The lowest BCUT2D eigenvalue weighted by molar-refractivity contribution is -0.142. The Bertz CT molecular complexity index is 836. The minimum atomic E-state index is -3.91. The number of methoxy groups -OCH3 is 1. The standard InChI is InChI=1S/C19H19O5P/c1-24-19(21)13-17(20)14-25(22,23)12-11-16-9-5-6-10-18(16)15-7-3-2-4-8-15/h2-10,17,20H,13-14H2,1H3,(H,22,23)/t17-/m0/s1. The fraction of sp³-hybridized carbons (Fsp3) is 0.211. The summed E-state index contributed by atoms with van der Waals surface area (Å²) in [5, 5.41) is 9.72. The van der Waals surface area contributed by atoms with Crippen LogP contribution in [0.5, 0.6) is 0 Å². The van der Waals surface area contributed by atoms with E-state index in [4.69, 9.17) is 0 Å². The van der Waals surface area contributed by atoms with Gasteiger partial charge in [0.15, 0.2) is 0 Å². The Morgan fingerprint density at radius 1 is 1.16 bits per heavy atom. The minimum absolute atomic E-state index is 0.344. The Morgan fingerprint density at radius 2 is 1.80 bits per heavy atom. The molecule has 2 aromatic rings. The van der Waals surface area contributed by atoms with Crippen LogP contribution < -0.4 is 0 Å². The Hall–Kier alpha value is -2.38. The molecule has 2 aromatic carbocycles. The summed E-state index contributed by atoms with van der Waals surface area (Å²) in [6, 6.07) is 16.9. The molecule has 0 heterocycles. The summed E-state index contributed by atoms with van der Waals surface area (Å²) < 4.78 is 16.6. The van der Waals surface area contributed by atoms with Crippen molar-refractivity contribution in [2.24, 2.45) is 0 Å². The van der Waals surface area contributed by atoms with E-state index in [1.165, 1.54) is 7.11 Å². The second kappa shape index (κ2) is 8.64. The fourth-order valence-corrected chi connectivity index (χ4v) is 3.37. The van der Waals surface area contributed by atoms with Crippen LogP contribution in [0.2, 0.25) is 0 Å². The van der Waals surface area contributed by atoms with Crippen LogP contribution in [-0.2, 0) is 14.1 Å². The average molecular weight is 358 g/mol. The van der Waals surface area contributed by atoms with Crippen molar-refractivity contribution >= 4 is 13.3 Å². The molecule has 2 rings (SSSR count). The van der Waals surface area contributed by atoms with Gasteiger partial charge < -0.3 is 14.7 Å². The van der Waals surface area contributed by atoms with Crippen molar-refractivity contribution in [1.82, 2.24) is 0 Å². The number of hydrogen-bond acceptors (Lipinski definition) is 4. The summed E-state index contributed by atoms with van der Waals surface area (Å²) in [6.07, 6.45) is -2.10. The van der Waals surface area contributed by atoms with Crippen molar-refractivity contribution in [3.8, 4) is 22.7 Å². The first-order valence-electron chi connectivity index (χ1n) is 7.66. The van der Waals surface area contributed by atoms with Gasteiger partial charge in [0.05, 0.1) is 25.8 Å². The summed E-state index contributed by atoms with van der Waals surface area (Å²) in [5.74, 6) is 2.09. The molecule has 25 heavy (non-hydrogen) atoms. The van der Waals surface area contributed by atoms with Gasteiger partial charge in [-0.2, -0.15) is 0 Å². The third-order valence-electron chi connectivity index (χ3n) is 3.47. The van der Waals surface area contributed by atoms with E-state index in [0.29, 0.717) is 5.56 Å². The van der Waals surface area contributed by atoms with Crippen LogP contribution in [-0.4, -0.2) is 35.3 Å². The highest BCUT2D eigenvalue weighted by Gasteiger charge is 2.23. The maximum Gasteiger partial charge on any atom is 0.308 e. The van der Waals surface area contributed by atoms with E-state index in [9.17, 15) is 19.4 Å². The van der Waals surface area contributed by atoms with Gasteiger partial charge in [-0.1, -0.05) is 54.5 Å². The monoisotopic (exact) mass is 358 g/mol. The molecule has 0 saturated carbocycles. The lowest BCUT2D eigenvalue weighted by Crippen LogP contribution is -2.18. The predicted octanol–water partition coefficient (Wildman–Crippen LogP) is 2.86. The SMILES string of the molecule is COC(=O)C[C@H](O)CP(=O)(O)C#Cc1ccccc1-c1ccccc1. The average Bonchev–Trinajstić information content (AvgIpc) is 2.60. The van der Waals surface area contributed by atoms with Crippen molar-refractivity contribution in [2.75, 3.05) is 13.3 Å². The molecular weight excluding hydrogens is 339 g/mol. The highest BCUT2D eigenvalue weighted by atomic mass is 31.2. The Kier molecular flexibility index (Phi) is 6.55. The number of esters is 1. The van der Waals surface area contributed by atoms with E-state index >= 15 is 0 Å². The van der Waals surface area contributed by atoms with Gasteiger partial charge in [-0.05, 0) is 22.9 Å². The Labute approximate surface area is 146 Å². The third-order valence-corrected chi connectivity index (χ3v) is 4.84. The molecule has 0 radical (unpaired) electrons. The zero-order valence-corrected chi connectivity index (χ0v) is 14.6. The number of aliphatic hydroxyl groups excluding tert-OH is 1. The van der Waals surface area contributed by atoms with E-state index in [2.05, 4.69) is 16.3 Å². The number of carbonyl (C=O) groups is 1. The van der Waals surface area contributed by atoms with Gasteiger partial charge in [-0.3, -0.25) is 9.36 Å². The summed E-state index contributed by atoms with van der Waals surface area (Å²) in [6.45, 7) is 0. The lowest BCUT2D eigenvalue weighted by Gasteiger charge is -2.10. The molecule has 6 heteroatoms. The highest BCUT2D eigenvalue weighted by molar-refractivity contribution is 7.63. The first-order valence-corrected chi connectivity index (χ1v) is 9.50. The van der Waals surface area contributed by atoms with Crippen molar-refractivity contribution in [3.63, 3.8) is 0 Å². The molecule has 2 N–H and O–H groups in total. The lowest BCUT2D eigenvalue weighted by atomic mass is 10.0. The maximum atomic E-state index is 12.2. The largest absolute Gasteiger partial charge is 0.469 e. The second-order valence-electron chi connectivity index (χ2n) is 5.47. The summed E-state index contributed by atoms with van der Waals surface area (Å²) in [5.41, 5.74) is 4.78. The number of aliphatic hydroxyl groups is 1. The van der Waals surface area contributed by atoms with E-state index in [1.54, 1.807) is 12.1 Å². The zero-order valence-electron chi connectivity index (χ0n) is 13.8. The van der Waals surface area contributed by atoms with Gasteiger partial charge >= 0.3 is 5.97 Å². The molecule has 0 bridgehead atoms. The van der Waals surface area contributed by atoms with E-state index in [1.807, 2.05) is 42.5 Å². The first-order chi connectivity index (χ1) is 11.9. The predicted molar refractivity (Wildman–Crippen MR) is 96.1 cm³/mol. The quantitative estimate of drug-likeness (QED) is 0.488. The number of carbonyl (C=O) groups excluding carboxylic acids is 1. The summed E-state index contributed by atoms with van der Waals surface area (Å²) in [7, 11) is -2.72. The third kappa shape index (κ3) is 5.88. The Balaban J connectivity index is 2.20. The topological polar surface area (TPSA) is 83.8 Å². The minimum Gasteiger partial charge on any atom is -0.469 e. The van der Waals surface area contributed by atoms with Gasteiger partial charge in [0.25, 0.3) is 7.37 Å². The summed E-state index contributed by atoms with van der Waals surface area (Å²) >= 11 is 0. The molecule has 130 valence electrons. The number of ether oxygens (including phenoxy) is 1. The highest BCUT2D eigenvalue weighted by Crippen LogP contribution is 2.40. The molecule has 0 fully saturated rings. The van der Waals surface area contributed by atoms with Crippen LogP contribution in [0.15, 0.2) is 54.6 Å².